The average Bonchev–Trinajstić information content (AvgIpc) is 2.38. The van der Waals surface area contributed by atoms with Crippen molar-refractivity contribution in [2.24, 2.45) is 0 Å². The highest BCUT2D eigenvalue weighted by Gasteiger charge is 2.16. The zero-order chi connectivity index (χ0) is 14.3. The van der Waals surface area contributed by atoms with Crippen LogP contribution in [0.25, 0.3) is 0 Å². The lowest BCUT2D eigenvalue weighted by Gasteiger charge is -2.24. The first-order chi connectivity index (χ1) is 8.93. The minimum absolute atomic E-state index is 0.159. The Balaban J connectivity index is 2.21. The topological polar surface area (TPSA) is 50.7 Å². The average molecular weight is 271 g/mol. The van der Waals surface area contributed by atoms with Crippen molar-refractivity contribution in [3.05, 3.63) is 30.1 Å². The largest absolute Gasteiger partial charge is 0.491 e. The molecular formula is C14H22FNO3. The molecule has 0 bridgehead atoms. The molecule has 0 heterocycles. The van der Waals surface area contributed by atoms with E-state index in [1.165, 1.54) is 24.3 Å². The smallest absolute Gasteiger partial charge is 0.123 e. The molecule has 0 aliphatic rings. The molecule has 0 amide bonds. The summed E-state index contributed by atoms with van der Waals surface area (Å²) in [7, 11) is 1.65. The quantitative estimate of drug-likeness (QED) is 0.754. The molecular weight excluding hydrogens is 249 g/mol. The van der Waals surface area contributed by atoms with Gasteiger partial charge in [0.2, 0.25) is 0 Å². The van der Waals surface area contributed by atoms with E-state index >= 15 is 0 Å². The Labute approximate surface area is 113 Å². The van der Waals surface area contributed by atoms with Crippen molar-refractivity contribution in [1.82, 2.24) is 5.32 Å². The van der Waals surface area contributed by atoms with Gasteiger partial charge >= 0.3 is 0 Å². The maximum Gasteiger partial charge on any atom is 0.123 e. The predicted molar refractivity (Wildman–Crippen MR) is 71.9 cm³/mol. The molecule has 0 aliphatic carbocycles. The van der Waals surface area contributed by atoms with Crippen LogP contribution in [0.2, 0.25) is 0 Å². The van der Waals surface area contributed by atoms with Gasteiger partial charge < -0.3 is 19.9 Å². The SMILES string of the molecule is COC(C)(C)CNCC(O)COc1ccc(F)cc1. The van der Waals surface area contributed by atoms with E-state index in [0.717, 1.165) is 0 Å². The van der Waals surface area contributed by atoms with E-state index in [0.29, 0.717) is 18.8 Å². The minimum Gasteiger partial charge on any atom is -0.491 e. The van der Waals surface area contributed by atoms with Crippen molar-refractivity contribution in [1.29, 1.82) is 0 Å². The predicted octanol–water partition coefficient (Wildman–Crippen LogP) is 1.58. The summed E-state index contributed by atoms with van der Waals surface area (Å²) in [6, 6.07) is 5.70. The third-order valence-corrected chi connectivity index (χ3v) is 2.74. The maximum absolute atomic E-state index is 12.7. The van der Waals surface area contributed by atoms with Crippen LogP contribution in [0.15, 0.2) is 24.3 Å². The van der Waals surface area contributed by atoms with Gasteiger partial charge in [0, 0.05) is 20.2 Å². The number of ether oxygens (including phenoxy) is 2. The second-order valence-corrected chi connectivity index (χ2v) is 5.01. The fourth-order valence-corrected chi connectivity index (χ4v) is 1.39. The molecule has 0 saturated heterocycles. The number of halogens is 1. The molecule has 0 aromatic heterocycles. The van der Waals surface area contributed by atoms with Gasteiger partial charge in [-0.1, -0.05) is 0 Å². The van der Waals surface area contributed by atoms with Crippen molar-refractivity contribution in [2.45, 2.75) is 25.6 Å². The molecule has 1 atom stereocenters. The molecule has 1 aromatic rings. The van der Waals surface area contributed by atoms with Crippen molar-refractivity contribution < 1.29 is 19.0 Å². The summed E-state index contributed by atoms with van der Waals surface area (Å²) in [6.07, 6.45) is -0.627. The Morgan fingerprint density at radius 1 is 1.32 bits per heavy atom. The number of nitrogens with one attached hydrogen (secondary N) is 1. The van der Waals surface area contributed by atoms with Crippen LogP contribution in [-0.4, -0.2) is 43.6 Å². The molecule has 0 radical (unpaired) electrons. The van der Waals surface area contributed by atoms with Crippen LogP contribution in [0.1, 0.15) is 13.8 Å². The second kappa shape index (κ2) is 7.43. The first-order valence-corrected chi connectivity index (χ1v) is 6.25. The first kappa shape index (κ1) is 15.9. The van der Waals surface area contributed by atoms with Crippen LogP contribution in [0.4, 0.5) is 4.39 Å². The molecule has 2 N–H and O–H groups in total. The van der Waals surface area contributed by atoms with Gasteiger partial charge in [0.1, 0.15) is 24.3 Å². The Kier molecular flexibility index (Phi) is 6.21. The number of hydrogen-bond acceptors (Lipinski definition) is 4. The summed E-state index contributed by atoms with van der Waals surface area (Å²) < 4.78 is 23.3. The number of hydrogen-bond donors (Lipinski definition) is 2. The molecule has 0 spiro atoms. The monoisotopic (exact) mass is 271 g/mol. The lowest BCUT2D eigenvalue weighted by atomic mass is 10.1. The van der Waals surface area contributed by atoms with E-state index in [9.17, 15) is 9.50 Å². The van der Waals surface area contributed by atoms with Crippen LogP contribution < -0.4 is 10.1 Å². The third kappa shape index (κ3) is 6.52. The number of rotatable bonds is 8. The summed E-state index contributed by atoms with van der Waals surface area (Å²) in [5, 5.41) is 12.8. The lowest BCUT2D eigenvalue weighted by Crippen LogP contribution is -2.41. The van der Waals surface area contributed by atoms with E-state index < -0.39 is 6.10 Å². The van der Waals surface area contributed by atoms with Crippen LogP contribution in [-0.2, 0) is 4.74 Å². The van der Waals surface area contributed by atoms with Crippen LogP contribution in [0.5, 0.6) is 5.75 Å². The molecule has 5 heteroatoms. The van der Waals surface area contributed by atoms with E-state index in [2.05, 4.69) is 5.32 Å². The highest BCUT2D eigenvalue weighted by atomic mass is 19.1. The normalized spacial score (nSPS) is 13.3. The van der Waals surface area contributed by atoms with Crippen molar-refractivity contribution >= 4 is 0 Å². The Hall–Kier alpha value is -1.17. The zero-order valence-electron chi connectivity index (χ0n) is 11.6. The van der Waals surface area contributed by atoms with Gasteiger partial charge in [-0.3, -0.25) is 0 Å². The van der Waals surface area contributed by atoms with Gasteiger partial charge in [-0.2, -0.15) is 0 Å². The van der Waals surface area contributed by atoms with Crippen molar-refractivity contribution in [3.8, 4) is 5.75 Å². The summed E-state index contributed by atoms with van der Waals surface area (Å²) >= 11 is 0. The second-order valence-electron chi connectivity index (χ2n) is 5.01. The van der Waals surface area contributed by atoms with Gasteiger partial charge in [-0.15, -0.1) is 0 Å². The van der Waals surface area contributed by atoms with Gasteiger partial charge in [0.05, 0.1) is 5.60 Å². The molecule has 108 valence electrons. The first-order valence-electron chi connectivity index (χ1n) is 6.25. The van der Waals surface area contributed by atoms with Gasteiger partial charge in [-0.05, 0) is 38.1 Å². The minimum atomic E-state index is -0.627. The van der Waals surface area contributed by atoms with Crippen molar-refractivity contribution in [2.75, 3.05) is 26.8 Å². The summed E-state index contributed by atoms with van der Waals surface area (Å²) in [5.41, 5.74) is -0.266. The molecule has 0 fully saturated rings. The number of aliphatic hydroxyl groups is 1. The van der Waals surface area contributed by atoms with E-state index in [4.69, 9.17) is 9.47 Å². The van der Waals surface area contributed by atoms with Gasteiger partial charge in [-0.25, -0.2) is 4.39 Å². The van der Waals surface area contributed by atoms with Crippen LogP contribution in [0, 0.1) is 5.82 Å². The van der Waals surface area contributed by atoms with E-state index in [1.54, 1.807) is 7.11 Å². The molecule has 1 rings (SSSR count). The molecule has 19 heavy (non-hydrogen) atoms. The summed E-state index contributed by atoms with van der Waals surface area (Å²) in [5.74, 6) is 0.231. The fourth-order valence-electron chi connectivity index (χ4n) is 1.39. The van der Waals surface area contributed by atoms with Gasteiger partial charge in [0.25, 0.3) is 0 Å². The Morgan fingerprint density at radius 2 is 1.95 bits per heavy atom. The highest BCUT2D eigenvalue weighted by molar-refractivity contribution is 5.22. The molecule has 0 aliphatic heterocycles. The van der Waals surface area contributed by atoms with E-state index in [1.807, 2.05) is 13.8 Å². The molecule has 1 unspecified atom stereocenters. The highest BCUT2D eigenvalue weighted by Crippen LogP contribution is 2.11. The maximum atomic E-state index is 12.7. The lowest BCUT2D eigenvalue weighted by molar-refractivity contribution is 0.0191. The summed E-state index contributed by atoms with van der Waals surface area (Å²) in [4.78, 5) is 0. The number of methoxy groups -OCH3 is 1. The third-order valence-electron chi connectivity index (χ3n) is 2.74. The zero-order valence-corrected chi connectivity index (χ0v) is 11.6. The van der Waals surface area contributed by atoms with Crippen LogP contribution >= 0.6 is 0 Å². The van der Waals surface area contributed by atoms with Crippen molar-refractivity contribution in [3.63, 3.8) is 0 Å². The van der Waals surface area contributed by atoms with E-state index in [-0.39, 0.29) is 18.0 Å². The Morgan fingerprint density at radius 3 is 2.53 bits per heavy atom. The molecule has 1 aromatic carbocycles. The molecule has 0 saturated carbocycles. The van der Waals surface area contributed by atoms with Gasteiger partial charge in [0.15, 0.2) is 0 Å². The van der Waals surface area contributed by atoms with Crippen LogP contribution in [0.3, 0.4) is 0 Å². The summed E-state index contributed by atoms with van der Waals surface area (Å²) in [6.45, 7) is 5.12. The number of aliphatic hydroxyl groups excluding tert-OH is 1. The fraction of sp³-hybridized carbons (Fsp3) is 0.571. The number of benzene rings is 1. The molecule has 4 nitrogen and oxygen atoms in total. The standard InChI is InChI=1S/C14H22FNO3/c1-14(2,18-3)10-16-8-12(17)9-19-13-6-4-11(15)5-7-13/h4-7,12,16-17H,8-10H2,1-3H3. The Bertz CT molecular complexity index is 367.